The molecule has 0 aromatic carbocycles. The van der Waals surface area contributed by atoms with Crippen LogP contribution in [0.2, 0.25) is 0 Å². The summed E-state index contributed by atoms with van der Waals surface area (Å²) in [7, 11) is 0. The molecule has 10 heteroatoms. The summed E-state index contributed by atoms with van der Waals surface area (Å²) in [5, 5.41) is 10.3. The number of hydrogen-bond donors (Lipinski definition) is 2. The van der Waals surface area contributed by atoms with E-state index in [-0.39, 0.29) is 5.76 Å². The van der Waals surface area contributed by atoms with Crippen LogP contribution in [0.15, 0.2) is 33.7 Å². The Morgan fingerprint density at radius 3 is 2.34 bits per heavy atom. The largest absolute Gasteiger partial charge is 0.510 e. The summed E-state index contributed by atoms with van der Waals surface area (Å²) in [4.78, 5) is 47.5. The molecule has 1 aromatic rings. The molecule has 1 aliphatic heterocycles. The predicted octanol–water partition coefficient (Wildman–Crippen LogP) is 2.13. The maximum atomic E-state index is 12.3. The van der Waals surface area contributed by atoms with Crippen LogP contribution in [-0.2, 0) is 24.3 Å². The molecule has 0 radical (unpaired) electrons. The van der Waals surface area contributed by atoms with Gasteiger partial charge >= 0.3 is 5.69 Å². The second-order valence-corrected chi connectivity index (χ2v) is 6.65. The minimum absolute atomic E-state index is 0.101. The van der Waals surface area contributed by atoms with Crippen LogP contribution < -0.4 is 11.2 Å². The van der Waals surface area contributed by atoms with Crippen LogP contribution in [0.1, 0.15) is 52.7 Å². The number of aromatic nitrogens is 2. The first kappa shape index (κ1) is 23.3. The summed E-state index contributed by atoms with van der Waals surface area (Å²) in [5.74, 6) is -0.101. The third kappa shape index (κ3) is 6.25. The Balaban J connectivity index is 2.30. The van der Waals surface area contributed by atoms with E-state index in [1.807, 2.05) is 13.8 Å². The maximum Gasteiger partial charge on any atom is 0.330 e. The van der Waals surface area contributed by atoms with Crippen molar-refractivity contribution in [2.45, 2.75) is 71.0 Å². The summed E-state index contributed by atoms with van der Waals surface area (Å²) in [6, 6.07) is 1.19. The standard InChI is InChI=1S/C19H30N2O8/c1-4-7-11-25-28-16-15(13(22)6-3)27-18(17(16)29-26-12-8-5-2)21-10-9-14(23)20-19(21)24/h6,9-10,15-18,22H,4-5,7-8,11-12H2,1-3H3,(H,20,23,24)/t15-,16-,17-,18-/m1/s1. The smallest absolute Gasteiger partial charge is 0.330 e. The molecule has 10 nitrogen and oxygen atoms in total. The van der Waals surface area contributed by atoms with Gasteiger partial charge in [-0.15, -0.1) is 0 Å². The minimum atomic E-state index is -1.02. The van der Waals surface area contributed by atoms with Crippen LogP contribution in [0.3, 0.4) is 0 Å². The predicted molar refractivity (Wildman–Crippen MR) is 103 cm³/mol. The van der Waals surface area contributed by atoms with E-state index in [0.29, 0.717) is 13.2 Å². The summed E-state index contributed by atoms with van der Waals surface area (Å²) in [6.45, 7) is 6.36. The number of unbranched alkanes of at least 4 members (excludes halogenated alkanes) is 2. The number of aliphatic hydroxyl groups excluding tert-OH is 1. The lowest BCUT2D eigenvalue weighted by atomic mass is 10.1. The van der Waals surface area contributed by atoms with E-state index in [2.05, 4.69) is 4.98 Å². The van der Waals surface area contributed by atoms with Crippen molar-refractivity contribution in [1.82, 2.24) is 9.55 Å². The van der Waals surface area contributed by atoms with E-state index < -0.39 is 35.8 Å². The topological polar surface area (TPSA) is 121 Å². The van der Waals surface area contributed by atoms with Gasteiger partial charge in [-0.1, -0.05) is 26.7 Å². The highest BCUT2D eigenvalue weighted by atomic mass is 17.2. The third-order valence-corrected chi connectivity index (χ3v) is 4.42. The van der Waals surface area contributed by atoms with Crippen LogP contribution in [0.4, 0.5) is 0 Å². The molecule has 1 aromatic heterocycles. The monoisotopic (exact) mass is 414 g/mol. The van der Waals surface area contributed by atoms with Gasteiger partial charge in [-0.3, -0.25) is 14.3 Å². The van der Waals surface area contributed by atoms with Gasteiger partial charge < -0.3 is 9.84 Å². The van der Waals surface area contributed by atoms with Gasteiger partial charge in [0.15, 0.2) is 18.4 Å². The van der Waals surface area contributed by atoms with Gasteiger partial charge in [-0.05, 0) is 25.8 Å². The molecule has 0 saturated carbocycles. The van der Waals surface area contributed by atoms with E-state index in [4.69, 9.17) is 24.3 Å². The first-order valence-electron chi connectivity index (χ1n) is 9.92. The molecule has 2 N–H and O–H groups in total. The molecule has 0 spiro atoms. The van der Waals surface area contributed by atoms with Crippen molar-refractivity contribution in [2.24, 2.45) is 0 Å². The van der Waals surface area contributed by atoms with Gasteiger partial charge in [-0.25, -0.2) is 24.3 Å². The normalized spacial score (nSPS) is 24.9. The van der Waals surface area contributed by atoms with Crippen molar-refractivity contribution >= 4 is 0 Å². The van der Waals surface area contributed by atoms with Crippen LogP contribution in [0.25, 0.3) is 0 Å². The number of hydrogen-bond acceptors (Lipinski definition) is 8. The number of aromatic amines is 1. The molecule has 1 fully saturated rings. The van der Waals surface area contributed by atoms with E-state index >= 15 is 0 Å². The lowest BCUT2D eigenvalue weighted by molar-refractivity contribution is -0.389. The first-order valence-corrected chi connectivity index (χ1v) is 9.92. The second kappa shape index (κ2) is 11.9. The van der Waals surface area contributed by atoms with Crippen molar-refractivity contribution in [2.75, 3.05) is 13.2 Å². The minimum Gasteiger partial charge on any atom is -0.510 e. The number of rotatable bonds is 12. The van der Waals surface area contributed by atoms with Crippen molar-refractivity contribution in [1.29, 1.82) is 0 Å². The molecule has 0 amide bonds. The molecule has 0 bridgehead atoms. The van der Waals surface area contributed by atoms with Crippen LogP contribution >= 0.6 is 0 Å². The number of aliphatic hydroxyl groups is 1. The van der Waals surface area contributed by atoms with E-state index in [9.17, 15) is 14.7 Å². The summed E-state index contributed by atoms with van der Waals surface area (Å²) >= 11 is 0. The molecule has 0 unspecified atom stereocenters. The van der Waals surface area contributed by atoms with Gasteiger partial charge in [0.2, 0.25) is 0 Å². The quantitative estimate of drug-likeness (QED) is 0.231. The Kier molecular flexibility index (Phi) is 9.55. The van der Waals surface area contributed by atoms with Gasteiger partial charge in [0.25, 0.3) is 5.56 Å². The fourth-order valence-corrected chi connectivity index (χ4v) is 2.76. The van der Waals surface area contributed by atoms with Crippen molar-refractivity contribution < 1.29 is 29.4 Å². The Morgan fingerprint density at radius 2 is 1.79 bits per heavy atom. The van der Waals surface area contributed by atoms with Crippen molar-refractivity contribution in [3.8, 4) is 0 Å². The highest BCUT2D eigenvalue weighted by Gasteiger charge is 2.51. The summed E-state index contributed by atoms with van der Waals surface area (Å²) < 4.78 is 7.03. The number of nitrogens with zero attached hydrogens (tertiary/aromatic N) is 1. The molecule has 1 saturated heterocycles. The second-order valence-electron chi connectivity index (χ2n) is 6.65. The SMILES string of the molecule is CC=C(O)[C@H]1O[C@@H](n2ccc(=O)[nH]c2=O)[C@H](OOCCCC)[C@@H]1OOCCCC. The molecule has 1 aliphatic rings. The molecular formula is C19H30N2O8. The molecule has 2 heterocycles. The highest BCUT2D eigenvalue weighted by molar-refractivity contribution is 5.07. The van der Waals surface area contributed by atoms with E-state index in [1.165, 1.54) is 18.3 Å². The van der Waals surface area contributed by atoms with Gasteiger partial charge in [-0.2, -0.15) is 0 Å². The van der Waals surface area contributed by atoms with Gasteiger partial charge in [0.1, 0.15) is 11.9 Å². The maximum absolute atomic E-state index is 12.3. The third-order valence-electron chi connectivity index (χ3n) is 4.42. The Bertz CT molecular complexity index is 759. The van der Waals surface area contributed by atoms with Crippen molar-refractivity contribution in [3.63, 3.8) is 0 Å². The summed E-state index contributed by atoms with van der Waals surface area (Å²) in [6.07, 6.45) is 2.32. The number of nitrogens with one attached hydrogen (secondary N) is 1. The van der Waals surface area contributed by atoms with Crippen LogP contribution in [-0.4, -0.2) is 46.2 Å². The number of H-pyrrole nitrogens is 1. The Labute approximate surface area is 168 Å². The number of allylic oxidation sites excluding steroid dienone is 1. The average molecular weight is 414 g/mol. The van der Waals surface area contributed by atoms with Crippen LogP contribution in [0.5, 0.6) is 0 Å². The zero-order valence-corrected chi connectivity index (χ0v) is 17.0. The molecule has 29 heavy (non-hydrogen) atoms. The fourth-order valence-electron chi connectivity index (χ4n) is 2.76. The first-order chi connectivity index (χ1) is 14.0. The average Bonchev–Trinajstić information content (AvgIpc) is 3.06. The number of ether oxygens (including phenoxy) is 1. The zero-order valence-electron chi connectivity index (χ0n) is 17.0. The van der Waals surface area contributed by atoms with Crippen molar-refractivity contribution in [3.05, 3.63) is 44.9 Å². The van der Waals surface area contributed by atoms with E-state index in [1.54, 1.807) is 6.92 Å². The van der Waals surface area contributed by atoms with Gasteiger partial charge in [0.05, 0.1) is 13.2 Å². The fraction of sp³-hybridized carbons (Fsp3) is 0.684. The zero-order chi connectivity index (χ0) is 21.2. The van der Waals surface area contributed by atoms with E-state index in [0.717, 1.165) is 30.3 Å². The highest BCUT2D eigenvalue weighted by Crippen LogP contribution is 2.36. The van der Waals surface area contributed by atoms with Gasteiger partial charge in [0, 0.05) is 12.3 Å². The Hall–Kier alpha value is -1.98. The molecule has 164 valence electrons. The molecule has 4 atom stereocenters. The lowest BCUT2D eigenvalue weighted by Crippen LogP contribution is -2.40. The summed E-state index contributed by atoms with van der Waals surface area (Å²) in [5.41, 5.74) is -1.22. The molecular weight excluding hydrogens is 384 g/mol. The van der Waals surface area contributed by atoms with Crippen LogP contribution in [0, 0.1) is 0 Å². The molecule has 0 aliphatic carbocycles. The lowest BCUT2D eigenvalue weighted by Gasteiger charge is -2.23. The Morgan fingerprint density at radius 1 is 1.17 bits per heavy atom. The molecule has 2 rings (SSSR count).